The highest BCUT2D eigenvalue weighted by atomic mass is 35.5. The molecule has 0 unspecified atom stereocenters. The van der Waals surface area contributed by atoms with Gasteiger partial charge in [-0.25, -0.2) is 4.98 Å². The molecule has 0 aromatic carbocycles. The number of anilines is 2. The summed E-state index contributed by atoms with van der Waals surface area (Å²) in [7, 11) is 1.61. The number of rotatable bonds is 5. The van der Waals surface area contributed by atoms with Crippen LogP contribution in [0.25, 0.3) is 0 Å². The normalized spacial score (nSPS) is 10.5. The molecule has 0 saturated heterocycles. The van der Waals surface area contributed by atoms with Crippen LogP contribution < -0.4 is 11.1 Å². The highest BCUT2D eigenvalue weighted by Gasteiger charge is 2.12. The minimum Gasteiger partial charge on any atom is -0.397 e. The van der Waals surface area contributed by atoms with Crippen LogP contribution in [0.3, 0.4) is 0 Å². The summed E-state index contributed by atoms with van der Waals surface area (Å²) in [6.07, 6.45) is 4.60. The first kappa shape index (κ1) is 14.3. The lowest BCUT2D eigenvalue weighted by molar-refractivity contribution is 0.102. The molecule has 106 valence electrons. The monoisotopic (exact) mass is 295 g/mol. The molecule has 0 fully saturated rings. The van der Waals surface area contributed by atoms with Gasteiger partial charge < -0.3 is 15.8 Å². The van der Waals surface area contributed by atoms with Gasteiger partial charge in [0.15, 0.2) is 0 Å². The van der Waals surface area contributed by atoms with E-state index in [4.69, 9.17) is 22.1 Å². The lowest BCUT2D eigenvalue weighted by Crippen LogP contribution is -2.14. The predicted octanol–water partition coefficient (Wildman–Crippen LogP) is 1.41. The summed E-state index contributed by atoms with van der Waals surface area (Å²) in [5.41, 5.74) is 6.80. The fourth-order valence-corrected chi connectivity index (χ4v) is 1.73. The Hall–Kier alpha value is -2.12. The summed E-state index contributed by atoms with van der Waals surface area (Å²) in [5, 5.41) is 6.99. The zero-order valence-electron chi connectivity index (χ0n) is 10.8. The van der Waals surface area contributed by atoms with E-state index in [2.05, 4.69) is 15.4 Å². The Balaban J connectivity index is 2.07. The van der Waals surface area contributed by atoms with Gasteiger partial charge in [0, 0.05) is 13.3 Å². The zero-order chi connectivity index (χ0) is 14.5. The zero-order valence-corrected chi connectivity index (χ0v) is 11.6. The van der Waals surface area contributed by atoms with E-state index >= 15 is 0 Å². The quantitative estimate of drug-likeness (QED) is 0.813. The second-order valence-electron chi connectivity index (χ2n) is 4.03. The van der Waals surface area contributed by atoms with E-state index in [1.165, 1.54) is 12.3 Å². The molecule has 0 atom stereocenters. The lowest BCUT2D eigenvalue weighted by Gasteiger charge is -2.05. The molecular formula is C12H14ClN5O2. The largest absolute Gasteiger partial charge is 0.397 e. The number of carbonyl (C=O) groups is 1. The van der Waals surface area contributed by atoms with Crippen molar-refractivity contribution in [2.45, 2.75) is 6.54 Å². The van der Waals surface area contributed by atoms with Gasteiger partial charge in [-0.3, -0.25) is 9.48 Å². The molecule has 20 heavy (non-hydrogen) atoms. The standard InChI is InChI=1S/C12H14ClN5O2/c1-20-3-2-18-7-8(5-16-18)17-12(19)9-4-11(13)15-6-10(9)14/h4-7H,2-3,14H2,1H3,(H,17,19). The molecule has 0 aliphatic heterocycles. The number of amides is 1. The lowest BCUT2D eigenvalue weighted by atomic mass is 10.2. The van der Waals surface area contributed by atoms with Gasteiger partial charge in [0.1, 0.15) is 5.15 Å². The van der Waals surface area contributed by atoms with Crippen molar-refractivity contribution in [3.63, 3.8) is 0 Å². The molecule has 0 aliphatic rings. The van der Waals surface area contributed by atoms with Gasteiger partial charge in [-0.15, -0.1) is 0 Å². The molecule has 0 aliphatic carbocycles. The van der Waals surface area contributed by atoms with Crippen molar-refractivity contribution in [1.29, 1.82) is 0 Å². The third kappa shape index (κ3) is 3.46. The number of carbonyl (C=O) groups excluding carboxylic acids is 1. The number of nitrogens with zero attached hydrogens (tertiary/aromatic N) is 3. The van der Waals surface area contributed by atoms with Crippen molar-refractivity contribution in [2.24, 2.45) is 0 Å². The van der Waals surface area contributed by atoms with Gasteiger partial charge in [-0.05, 0) is 6.07 Å². The maximum atomic E-state index is 12.1. The Morgan fingerprint density at radius 3 is 3.10 bits per heavy atom. The molecular weight excluding hydrogens is 282 g/mol. The summed E-state index contributed by atoms with van der Waals surface area (Å²) >= 11 is 5.75. The van der Waals surface area contributed by atoms with Crippen LogP contribution >= 0.6 is 11.6 Å². The highest BCUT2D eigenvalue weighted by molar-refractivity contribution is 6.30. The van der Waals surface area contributed by atoms with Crippen LogP contribution in [-0.2, 0) is 11.3 Å². The molecule has 8 heteroatoms. The van der Waals surface area contributed by atoms with Gasteiger partial charge >= 0.3 is 0 Å². The van der Waals surface area contributed by atoms with E-state index in [0.29, 0.717) is 18.8 Å². The number of ether oxygens (including phenoxy) is 1. The van der Waals surface area contributed by atoms with Gasteiger partial charge in [0.25, 0.3) is 5.91 Å². The van der Waals surface area contributed by atoms with E-state index in [-0.39, 0.29) is 22.3 Å². The molecule has 3 N–H and O–H groups in total. The van der Waals surface area contributed by atoms with E-state index in [0.717, 1.165) is 0 Å². The topological polar surface area (TPSA) is 95.1 Å². The molecule has 2 aromatic heterocycles. The van der Waals surface area contributed by atoms with Crippen molar-refractivity contribution in [2.75, 3.05) is 24.8 Å². The van der Waals surface area contributed by atoms with E-state index in [9.17, 15) is 4.79 Å². The van der Waals surface area contributed by atoms with Gasteiger partial charge in [0.05, 0.1) is 42.5 Å². The Morgan fingerprint density at radius 2 is 2.35 bits per heavy atom. The SMILES string of the molecule is COCCn1cc(NC(=O)c2cc(Cl)ncc2N)cn1. The smallest absolute Gasteiger partial charge is 0.258 e. The van der Waals surface area contributed by atoms with E-state index < -0.39 is 0 Å². The summed E-state index contributed by atoms with van der Waals surface area (Å²) in [5.74, 6) is -0.363. The van der Waals surface area contributed by atoms with Crippen molar-refractivity contribution >= 4 is 28.9 Å². The fourth-order valence-electron chi connectivity index (χ4n) is 1.57. The van der Waals surface area contributed by atoms with Crippen LogP contribution in [0, 0.1) is 0 Å². The fraction of sp³-hybridized carbons (Fsp3) is 0.250. The molecule has 2 rings (SSSR count). The van der Waals surface area contributed by atoms with Crippen molar-refractivity contribution < 1.29 is 9.53 Å². The van der Waals surface area contributed by atoms with Gasteiger partial charge in [-0.1, -0.05) is 11.6 Å². The number of nitrogens with one attached hydrogen (secondary N) is 1. The second-order valence-corrected chi connectivity index (χ2v) is 4.42. The summed E-state index contributed by atoms with van der Waals surface area (Å²) in [4.78, 5) is 15.9. The average molecular weight is 296 g/mol. The second kappa shape index (κ2) is 6.36. The number of aromatic nitrogens is 3. The van der Waals surface area contributed by atoms with Gasteiger partial charge in [0.2, 0.25) is 0 Å². The summed E-state index contributed by atoms with van der Waals surface area (Å²) in [6.45, 7) is 1.15. The number of hydrogen-bond donors (Lipinski definition) is 2. The number of halogens is 1. The van der Waals surface area contributed by atoms with Crippen LogP contribution in [0.1, 0.15) is 10.4 Å². The first-order chi connectivity index (χ1) is 9.60. The first-order valence-corrected chi connectivity index (χ1v) is 6.21. The highest BCUT2D eigenvalue weighted by Crippen LogP contribution is 2.17. The van der Waals surface area contributed by atoms with Crippen LogP contribution in [0.15, 0.2) is 24.7 Å². The maximum Gasteiger partial charge on any atom is 0.258 e. The third-order valence-corrected chi connectivity index (χ3v) is 2.77. The maximum absolute atomic E-state index is 12.1. The molecule has 2 aromatic rings. The predicted molar refractivity (Wildman–Crippen MR) is 75.7 cm³/mol. The van der Waals surface area contributed by atoms with E-state index in [1.54, 1.807) is 24.2 Å². The number of pyridine rings is 1. The van der Waals surface area contributed by atoms with Crippen LogP contribution in [0.2, 0.25) is 5.15 Å². The molecule has 1 amide bonds. The minimum absolute atomic E-state index is 0.208. The molecule has 0 spiro atoms. The van der Waals surface area contributed by atoms with Crippen molar-refractivity contribution in [1.82, 2.24) is 14.8 Å². The van der Waals surface area contributed by atoms with E-state index in [1.807, 2.05) is 0 Å². The number of nitrogens with two attached hydrogens (primary N) is 1. The Morgan fingerprint density at radius 1 is 1.55 bits per heavy atom. The Bertz CT molecular complexity index is 614. The Labute approximate surface area is 120 Å². The molecule has 0 saturated carbocycles. The van der Waals surface area contributed by atoms with Crippen LogP contribution in [0.5, 0.6) is 0 Å². The molecule has 0 bridgehead atoms. The Kier molecular flexibility index (Phi) is 4.54. The minimum atomic E-state index is -0.363. The number of nitrogen functional groups attached to an aromatic ring is 1. The number of methoxy groups -OCH3 is 1. The van der Waals surface area contributed by atoms with Crippen molar-refractivity contribution in [3.8, 4) is 0 Å². The summed E-state index contributed by atoms with van der Waals surface area (Å²) in [6, 6.07) is 1.42. The number of hydrogen-bond acceptors (Lipinski definition) is 5. The molecule has 7 nitrogen and oxygen atoms in total. The third-order valence-electron chi connectivity index (χ3n) is 2.56. The van der Waals surface area contributed by atoms with Crippen molar-refractivity contribution in [3.05, 3.63) is 35.4 Å². The molecule has 0 radical (unpaired) electrons. The van der Waals surface area contributed by atoms with Crippen LogP contribution in [-0.4, -0.2) is 34.4 Å². The van der Waals surface area contributed by atoms with Crippen LogP contribution in [0.4, 0.5) is 11.4 Å². The first-order valence-electron chi connectivity index (χ1n) is 5.84. The average Bonchev–Trinajstić information content (AvgIpc) is 2.86. The molecule has 2 heterocycles. The summed E-state index contributed by atoms with van der Waals surface area (Å²) < 4.78 is 6.62. The van der Waals surface area contributed by atoms with Gasteiger partial charge in [-0.2, -0.15) is 5.10 Å².